The third kappa shape index (κ3) is 4.30. The van der Waals surface area contributed by atoms with Crippen molar-refractivity contribution in [3.63, 3.8) is 0 Å². The molecule has 0 bridgehead atoms. The molecular weight excluding hydrogens is 254 g/mol. The van der Waals surface area contributed by atoms with E-state index in [-0.39, 0.29) is 11.8 Å². The van der Waals surface area contributed by atoms with E-state index in [1.807, 2.05) is 24.3 Å². The molecule has 0 heterocycles. The van der Waals surface area contributed by atoms with Gasteiger partial charge in [-0.3, -0.25) is 4.79 Å². The molecule has 1 aliphatic carbocycles. The fourth-order valence-electron chi connectivity index (χ4n) is 2.21. The van der Waals surface area contributed by atoms with Crippen LogP contribution in [0.5, 0.6) is 11.5 Å². The van der Waals surface area contributed by atoms with Crippen LogP contribution in [-0.2, 0) is 4.79 Å². The molecule has 0 spiro atoms. The predicted molar refractivity (Wildman–Crippen MR) is 78.0 cm³/mol. The first-order chi connectivity index (χ1) is 9.79. The van der Waals surface area contributed by atoms with E-state index >= 15 is 0 Å². The van der Waals surface area contributed by atoms with Crippen molar-refractivity contribution in [1.82, 2.24) is 5.32 Å². The van der Waals surface area contributed by atoms with Gasteiger partial charge in [0.2, 0.25) is 5.91 Å². The maximum absolute atomic E-state index is 11.9. The number of hydrogen-bond acceptors (Lipinski definition) is 3. The van der Waals surface area contributed by atoms with Gasteiger partial charge in [-0.1, -0.05) is 18.2 Å². The van der Waals surface area contributed by atoms with Gasteiger partial charge in [0.15, 0.2) is 0 Å². The second-order valence-corrected chi connectivity index (χ2v) is 4.80. The average Bonchev–Trinajstić information content (AvgIpc) is 2.52. The highest BCUT2D eigenvalue weighted by Gasteiger charge is 2.17. The molecule has 4 nitrogen and oxygen atoms in total. The summed E-state index contributed by atoms with van der Waals surface area (Å²) in [6, 6.07) is 7.44. The number of nitrogens with one attached hydrogen (secondary N) is 1. The Morgan fingerprint density at radius 1 is 1.35 bits per heavy atom. The minimum Gasteiger partial charge on any atom is -0.497 e. The summed E-state index contributed by atoms with van der Waals surface area (Å²) in [4.78, 5) is 11.9. The van der Waals surface area contributed by atoms with E-state index in [9.17, 15) is 4.79 Å². The van der Waals surface area contributed by atoms with Gasteiger partial charge >= 0.3 is 0 Å². The number of allylic oxidation sites excluding steroid dienone is 2. The Morgan fingerprint density at radius 3 is 2.95 bits per heavy atom. The molecule has 1 amide bonds. The monoisotopic (exact) mass is 275 g/mol. The molecule has 0 unspecified atom stereocenters. The van der Waals surface area contributed by atoms with E-state index in [0.717, 1.165) is 30.8 Å². The van der Waals surface area contributed by atoms with E-state index in [4.69, 9.17) is 9.47 Å². The molecule has 1 atom stereocenters. The van der Waals surface area contributed by atoms with Crippen molar-refractivity contribution in [2.75, 3.05) is 20.3 Å². The van der Waals surface area contributed by atoms with Crippen molar-refractivity contribution in [1.29, 1.82) is 0 Å². The predicted octanol–water partition coefficient (Wildman–Crippen LogP) is 2.55. The van der Waals surface area contributed by atoms with Crippen molar-refractivity contribution in [2.24, 2.45) is 5.92 Å². The zero-order valence-corrected chi connectivity index (χ0v) is 11.8. The van der Waals surface area contributed by atoms with Crippen LogP contribution in [0.3, 0.4) is 0 Å². The van der Waals surface area contributed by atoms with Gasteiger partial charge in [0.25, 0.3) is 0 Å². The van der Waals surface area contributed by atoms with E-state index in [2.05, 4.69) is 17.5 Å². The van der Waals surface area contributed by atoms with Crippen molar-refractivity contribution >= 4 is 5.91 Å². The molecule has 108 valence electrons. The lowest BCUT2D eigenvalue weighted by Crippen LogP contribution is -2.34. The van der Waals surface area contributed by atoms with Crippen LogP contribution < -0.4 is 14.8 Å². The number of hydrogen-bond donors (Lipinski definition) is 1. The molecule has 0 saturated heterocycles. The minimum absolute atomic E-state index is 0.122. The van der Waals surface area contributed by atoms with Gasteiger partial charge in [-0.05, 0) is 31.4 Å². The number of benzene rings is 1. The lowest BCUT2D eigenvalue weighted by Gasteiger charge is -2.17. The van der Waals surface area contributed by atoms with E-state index in [0.29, 0.717) is 13.2 Å². The molecule has 4 heteroatoms. The highest BCUT2D eigenvalue weighted by molar-refractivity contribution is 5.78. The molecule has 0 fully saturated rings. The Labute approximate surface area is 119 Å². The van der Waals surface area contributed by atoms with Crippen LogP contribution in [0.4, 0.5) is 0 Å². The van der Waals surface area contributed by atoms with Gasteiger partial charge in [-0.15, -0.1) is 0 Å². The summed E-state index contributed by atoms with van der Waals surface area (Å²) in [6.45, 7) is 0.984. The highest BCUT2D eigenvalue weighted by Crippen LogP contribution is 2.19. The van der Waals surface area contributed by atoms with Crippen LogP contribution in [-0.4, -0.2) is 26.2 Å². The SMILES string of the molecule is COc1cccc(OCCNC(=O)[C@@H]2CC=CCC2)c1. The first-order valence-corrected chi connectivity index (χ1v) is 6.99. The van der Waals surface area contributed by atoms with Crippen LogP contribution in [0.25, 0.3) is 0 Å². The molecule has 1 aromatic rings. The smallest absolute Gasteiger partial charge is 0.223 e. The van der Waals surface area contributed by atoms with Crippen LogP contribution in [0.2, 0.25) is 0 Å². The molecule has 0 radical (unpaired) electrons. The van der Waals surface area contributed by atoms with E-state index < -0.39 is 0 Å². The molecule has 1 N–H and O–H groups in total. The molecule has 1 aliphatic rings. The maximum Gasteiger partial charge on any atom is 0.223 e. The lowest BCUT2D eigenvalue weighted by atomic mass is 9.94. The van der Waals surface area contributed by atoms with Crippen LogP contribution >= 0.6 is 0 Å². The molecule has 0 aromatic heterocycles. The summed E-state index contributed by atoms with van der Waals surface area (Å²) in [5, 5.41) is 2.92. The summed E-state index contributed by atoms with van der Waals surface area (Å²) < 4.78 is 10.7. The zero-order valence-electron chi connectivity index (χ0n) is 11.8. The van der Waals surface area contributed by atoms with E-state index in [1.165, 1.54) is 0 Å². The fourth-order valence-corrected chi connectivity index (χ4v) is 2.21. The van der Waals surface area contributed by atoms with Gasteiger partial charge < -0.3 is 14.8 Å². The van der Waals surface area contributed by atoms with Crippen LogP contribution in [0.1, 0.15) is 19.3 Å². The Balaban J connectivity index is 1.68. The highest BCUT2D eigenvalue weighted by atomic mass is 16.5. The van der Waals surface area contributed by atoms with E-state index in [1.54, 1.807) is 7.11 Å². The van der Waals surface area contributed by atoms with Gasteiger partial charge in [-0.2, -0.15) is 0 Å². The maximum atomic E-state index is 11.9. The van der Waals surface area contributed by atoms with Crippen molar-refractivity contribution < 1.29 is 14.3 Å². The standard InChI is InChI=1S/C16H21NO3/c1-19-14-8-5-9-15(12-14)20-11-10-17-16(18)13-6-3-2-4-7-13/h2-3,5,8-9,12-13H,4,6-7,10-11H2,1H3,(H,17,18)/t13-/m1/s1. The largest absolute Gasteiger partial charge is 0.497 e. The van der Waals surface area contributed by atoms with Crippen molar-refractivity contribution in [3.05, 3.63) is 36.4 Å². The van der Waals surface area contributed by atoms with Gasteiger partial charge in [-0.25, -0.2) is 0 Å². The number of methoxy groups -OCH3 is 1. The van der Waals surface area contributed by atoms with Crippen LogP contribution in [0.15, 0.2) is 36.4 Å². The first kappa shape index (κ1) is 14.4. The number of carbonyl (C=O) groups is 1. The minimum atomic E-state index is 0.122. The average molecular weight is 275 g/mol. The number of carbonyl (C=O) groups excluding carboxylic acids is 1. The van der Waals surface area contributed by atoms with Crippen molar-refractivity contribution in [2.45, 2.75) is 19.3 Å². The Bertz CT molecular complexity index is 471. The Kier molecular flexibility index (Phi) is 5.47. The fraction of sp³-hybridized carbons (Fsp3) is 0.438. The summed E-state index contributed by atoms with van der Waals surface area (Å²) in [5.74, 6) is 1.76. The third-order valence-electron chi connectivity index (χ3n) is 3.35. The summed E-state index contributed by atoms with van der Waals surface area (Å²) in [5.41, 5.74) is 0. The summed E-state index contributed by atoms with van der Waals surface area (Å²) in [6.07, 6.45) is 7.01. The third-order valence-corrected chi connectivity index (χ3v) is 3.35. The van der Waals surface area contributed by atoms with Crippen LogP contribution in [0, 0.1) is 5.92 Å². The second kappa shape index (κ2) is 7.58. The summed E-state index contributed by atoms with van der Waals surface area (Å²) in [7, 11) is 1.62. The van der Waals surface area contributed by atoms with Gasteiger partial charge in [0, 0.05) is 12.0 Å². The lowest BCUT2D eigenvalue weighted by molar-refractivity contribution is -0.125. The molecular formula is C16H21NO3. The zero-order chi connectivity index (χ0) is 14.2. The quantitative estimate of drug-likeness (QED) is 0.641. The van der Waals surface area contributed by atoms with Gasteiger partial charge in [0.1, 0.15) is 18.1 Å². The number of rotatable bonds is 6. The molecule has 1 aromatic carbocycles. The molecule has 2 rings (SSSR count). The summed E-state index contributed by atoms with van der Waals surface area (Å²) >= 11 is 0. The first-order valence-electron chi connectivity index (χ1n) is 6.99. The van der Waals surface area contributed by atoms with Crippen molar-refractivity contribution in [3.8, 4) is 11.5 Å². The molecule has 0 saturated carbocycles. The van der Waals surface area contributed by atoms with Gasteiger partial charge in [0.05, 0.1) is 13.7 Å². The second-order valence-electron chi connectivity index (χ2n) is 4.80. The Morgan fingerprint density at radius 2 is 2.20 bits per heavy atom. The topological polar surface area (TPSA) is 47.6 Å². The molecule has 20 heavy (non-hydrogen) atoms. The normalized spacial score (nSPS) is 17.6. The molecule has 0 aliphatic heterocycles. The number of ether oxygens (including phenoxy) is 2. The Hall–Kier alpha value is -1.97. The number of amides is 1.